The minimum absolute atomic E-state index is 0.0193. The fraction of sp³-hybridized carbons (Fsp3) is 0.656. The van der Waals surface area contributed by atoms with Crippen LogP contribution in [0.2, 0.25) is 0 Å². The molecule has 0 aromatic rings. The largest absolute Gasteiger partial charge is 0.458 e. The van der Waals surface area contributed by atoms with Crippen molar-refractivity contribution in [2.75, 3.05) is 0 Å². The number of ether oxygens (including phenoxy) is 1. The quantitative estimate of drug-likeness (QED) is 0.385. The predicted molar refractivity (Wildman–Crippen MR) is 140 cm³/mol. The molecule has 0 amide bonds. The maximum Gasteiger partial charge on any atom is 0.221 e. The lowest BCUT2D eigenvalue weighted by molar-refractivity contribution is -0.114. The van der Waals surface area contributed by atoms with E-state index in [9.17, 15) is 4.79 Å². The van der Waals surface area contributed by atoms with Crippen LogP contribution in [0, 0.1) is 33.5 Å². The lowest BCUT2D eigenvalue weighted by Gasteiger charge is -2.65. The summed E-state index contributed by atoms with van der Waals surface area (Å²) < 4.78 is 5.96. The molecule has 3 saturated carbocycles. The summed E-state index contributed by atoms with van der Waals surface area (Å²) >= 11 is 0. The number of carbonyl (C=O) groups excluding carboxylic acids is 1. The Bertz CT molecular complexity index is 1090. The van der Waals surface area contributed by atoms with Crippen LogP contribution in [0.1, 0.15) is 100 Å². The van der Waals surface area contributed by atoms with Crippen LogP contribution in [-0.4, -0.2) is 5.78 Å². The van der Waals surface area contributed by atoms with Crippen LogP contribution in [0.25, 0.3) is 0 Å². The van der Waals surface area contributed by atoms with Gasteiger partial charge in [-0.1, -0.05) is 52.3 Å². The highest BCUT2D eigenvalue weighted by Gasteiger charge is 2.61. The van der Waals surface area contributed by atoms with Crippen molar-refractivity contribution in [2.24, 2.45) is 33.5 Å². The fourth-order valence-electron chi connectivity index (χ4n) is 8.55. The van der Waals surface area contributed by atoms with Crippen molar-refractivity contribution in [3.63, 3.8) is 0 Å². The number of carbonyl (C=O) groups is 1. The summed E-state index contributed by atoms with van der Waals surface area (Å²) in [6, 6.07) is 0. The molecule has 3 fully saturated rings. The first-order valence-corrected chi connectivity index (χ1v) is 13.6. The second-order valence-corrected chi connectivity index (χ2v) is 13.6. The first-order chi connectivity index (χ1) is 15.8. The Labute approximate surface area is 207 Å². The van der Waals surface area contributed by atoms with E-state index in [0.29, 0.717) is 16.6 Å². The van der Waals surface area contributed by atoms with Gasteiger partial charge in [0.2, 0.25) is 5.78 Å². The van der Waals surface area contributed by atoms with Crippen LogP contribution in [0.3, 0.4) is 0 Å². The molecule has 34 heavy (non-hydrogen) atoms. The van der Waals surface area contributed by atoms with E-state index < -0.39 is 0 Å². The number of hydrogen-bond donors (Lipinski definition) is 0. The molecular weight excluding hydrogens is 416 g/mol. The predicted octanol–water partition coefficient (Wildman–Crippen LogP) is 8.63. The molecule has 0 bridgehead atoms. The van der Waals surface area contributed by atoms with E-state index in [1.54, 1.807) is 5.57 Å². The van der Waals surface area contributed by atoms with E-state index in [1.165, 1.54) is 49.7 Å². The molecule has 5 unspecified atom stereocenters. The summed E-state index contributed by atoms with van der Waals surface area (Å²) in [5.41, 5.74) is 6.11. The van der Waals surface area contributed by atoms with Crippen molar-refractivity contribution in [1.29, 1.82) is 0 Å². The second kappa shape index (κ2) is 7.58. The number of fused-ring (bicyclic) bond motifs is 7. The molecule has 5 atom stereocenters. The summed E-state index contributed by atoms with van der Waals surface area (Å²) in [7, 11) is 0. The van der Waals surface area contributed by atoms with E-state index in [2.05, 4.69) is 53.7 Å². The molecule has 0 spiro atoms. The van der Waals surface area contributed by atoms with Gasteiger partial charge in [-0.05, 0) is 117 Å². The van der Waals surface area contributed by atoms with Gasteiger partial charge in [-0.25, -0.2) is 0 Å². The van der Waals surface area contributed by atoms with E-state index in [4.69, 9.17) is 4.74 Å². The van der Waals surface area contributed by atoms with Crippen LogP contribution in [0.4, 0.5) is 0 Å². The third-order valence-electron chi connectivity index (χ3n) is 10.9. The molecule has 2 nitrogen and oxygen atoms in total. The third-order valence-corrected chi connectivity index (χ3v) is 10.9. The topological polar surface area (TPSA) is 26.3 Å². The molecule has 0 radical (unpaired) electrons. The van der Waals surface area contributed by atoms with Crippen LogP contribution >= 0.6 is 0 Å². The van der Waals surface area contributed by atoms with Gasteiger partial charge in [-0.2, -0.15) is 0 Å². The summed E-state index contributed by atoms with van der Waals surface area (Å²) in [5.74, 6) is 2.83. The number of ketones is 1. The van der Waals surface area contributed by atoms with Gasteiger partial charge in [0.25, 0.3) is 0 Å². The van der Waals surface area contributed by atoms with E-state index in [1.807, 2.05) is 26.0 Å². The SMILES string of the molecule is C/C=C(\C)OC1=C(C)C2=CC=C3C(C)(CCC4C5CC(C)(C)CCC5(C)CCC34C)C2=CC1=O. The monoisotopic (exact) mass is 460 g/mol. The van der Waals surface area contributed by atoms with Gasteiger partial charge < -0.3 is 4.74 Å². The van der Waals surface area contributed by atoms with E-state index >= 15 is 0 Å². The molecule has 184 valence electrons. The first kappa shape index (κ1) is 23.9. The van der Waals surface area contributed by atoms with Gasteiger partial charge in [-0.3, -0.25) is 4.79 Å². The van der Waals surface area contributed by atoms with Crippen LogP contribution in [0.15, 0.2) is 58.1 Å². The van der Waals surface area contributed by atoms with Crippen molar-refractivity contribution in [1.82, 2.24) is 0 Å². The van der Waals surface area contributed by atoms with Gasteiger partial charge >= 0.3 is 0 Å². The maximum absolute atomic E-state index is 13.3. The minimum atomic E-state index is -0.0641. The second-order valence-electron chi connectivity index (χ2n) is 13.6. The van der Waals surface area contributed by atoms with Crippen molar-refractivity contribution >= 4 is 5.78 Å². The van der Waals surface area contributed by atoms with E-state index in [-0.39, 0.29) is 16.6 Å². The molecule has 5 rings (SSSR count). The number of rotatable bonds is 2. The number of allylic oxidation sites excluding steroid dienone is 9. The molecule has 5 aliphatic carbocycles. The molecule has 0 aliphatic heterocycles. The van der Waals surface area contributed by atoms with Gasteiger partial charge in [0.15, 0.2) is 5.76 Å². The molecule has 0 saturated heterocycles. The van der Waals surface area contributed by atoms with Crippen LogP contribution < -0.4 is 0 Å². The van der Waals surface area contributed by atoms with Gasteiger partial charge in [-0.15, -0.1) is 0 Å². The highest BCUT2D eigenvalue weighted by molar-refractivity contribution is 6.07. The van der Waals surface area contributed by atoms with Crippen molar-refractivity contribution < 1.29 is 9.53 Å². The smallest absolute Gasteiger partial charge is 0.221 e. The first-order valence-electron chi connectivity index (χ1n) is 13.6. The average Bonchev–Trinajstić information content (AvgIpc) is 2.77. The van der Waals surface area contributed by atoms with Crippen LogP contribution in [-0.2, 0) is 9.53 Å². The van der Waals surface area contributed by atoms with E-state index in [0.717, 1.165) is 29.6 Å². The fourth-order valence-corrected chi connectivity index (χ4v) is 8.55. The highest BCUT2D eigenvalue weighted by atomic mass is 16.5. The molecule has 0 aromatic carbocycles. The Balaban J connectivity index is 1.57. The van der Waals surface area contributed by atoms with Gasteiger partial charge in [0.1, 0.15) is 0 Å². The molecule has 0 aromatic heterocycles. The van der Waals surface area contributed by atoms with Gasteiger partial charge in [0, 0.05) is 11.0 Å². The Morgan fingerprint density at radius 1 is 1.00 bits per heavy atom. The Morgan fingerprint density at radius 3 is 2.41 bits per heavy atom. The zero-order valence-electron chi connectivity index (χ0n) is 22.7. The normalized spacial score (nSPS) is 41.4. The summed E-state index contributed by atoms with van der Waals surface area (Å²) in [5, 5.41) is 0. The molecule has 0 heterocycles. The zero-order chi connectivity index (χ0) is 24.7. The summed E-state index contributed by atoms with van der Waals surface area (Å²) in [6.45, 7) is 18.5. The summed E-state index contributed by atoms with van der Waals surface area (Å²) in [4.78, 5) is 13.3. The Kier molecular flexibility index (Phi) is 5.33. The van der Waals surface area contributed by atoms with Crippen LogP contribution in [0.5, 0.6) is 0 Å². The number of hydrogen-bond acceptors (Lipinski definition) is 2. The maximum atomic E-state index is 13.3. The highest BCUT2D eigenvalue weighted by Crippen LogP contribution is 2.70. The third kappa shape index (κ3) is 3.30. The molecule has 0 N–H and O–H groups in total. The summed E-state index contributed by atoms with van der Waals surface area (Å²) in [6.07, 6.45) is 17.7. The molecular formula is C32H44O2. The lowest BCUT2D eigenvalue weighted by atomic mass is 9.40. The van der Waals surface area contributed by atoms with Crippen molar-refractivity contribution in [3.05, 3.63) is 58.1 Å². The molecule has 2 heteroatoms. The Morgan fingerprint density at radius 2 is 1.71 bits per heavy atom. The van der Waals surface area contributed by atoms with Crippen molar-refractivity contribution in [2.45, 2.75) is 100 Å². The zero-order valence-corrected chi connectivity index (χ0v) is 22.7. The standard InChI is InChI=1S/C32H44O2/c1-9-20(2)34-28-21(3)22-10-11-27-31(7,24(22)18-26(28)33)13-12-23-25-19-29(4,5)14-15-30(25,6)16-17-32(23,27)8/h9-11,18,23,25H,12-17,19H2,1-8H3/b20-9+. The minimum Gasteiger partial charge on any atom is -0.458 e. The Hall–Kier alpha value is -1.83. The van der Waals surface area contributed by atoms with Crippen molar-refractivity contribution in [3.8, 4) is 0 Å². The lowest BCUT2D eigenvalue weighted by Crippen LogP contribution is -2.55. The van der Waals surface area contributed by atoms with Gasteiger partial charge in [0.05, 0.1) is 5.76 Å². The average molecular weight is 461 g/mol. The molecule has 5 aliphatic rings.